The van der Waals surface area contributed by atoms with Crippen molar-refractivity contribution >= 4 is 21.6 Å². The summed E-state index contributed by atoms with van der Waals surface area (Å²) in [6, 6.07) is 26.9. The molecule has 1 amide bonds. The summed E-state index contributed by atoms with van der Waals surface area (Å²) in [5, 5.41) is 0. The van der Waals surface area contributed by atoms with Gasteiger partial charge in [-0.2, -0.15) is 0 Å². The number of benzene rings is 3. The average Bonchev–Trinajstić information content (AvgIpc) is 2.74. The predicted molar refractivity (Wildman–Crippen MR) is 121 cm³/mol. The smallest absolute Gasteiger partial charge is 0.231 e. The normalized spacial score (nSPS) is 11.1. The topological polar surface area (TPSA) is 57.7 Å². The van der Waals surface area contributed by atoms with E-state index in [1.54, 1.807) is 24.3 Å². The van der Waals surface area contributed by atoms with Crippen LogP contribution in [0.2, 0.25) is 0 Å². The third-order valence-corrected chi connectivity index (χ3v) is 6.14. The van der Waals surface area contributed by atoms with Gasteiger partial charge in [-0.05, 0) is 28.8 Å². The molecule has 30 heavy (non-hydrogen) atoms. The van der Waals surface area contributed by atoms with Crippen LogP contribution in [0.5, 0.6) is 0 Å². The molecule has 0 N–H and O–H groups in total. The number of sulfonamides is 1. The van der Waals surface area contributed by atoms with Crippen molar-refractivity contribution in [2.45, 2.75) is 19.5 Å². The highest BCUT2D eigenvalue weighted by atomic mass is 32.2. The van der Waals surface area contributed by atoms with E-state index in [0.29, 0.717) is 18.8 Å². The predicted octanol–water partition coefficient (Wildman–Crippen LogP) is 3.85. The first kappa shape index (κ1) is 21.6. The summed E-state index contributed by atoms with van der Waals surface area (Å²) in [6.07, 6.45) is 1.41. The summed E-state index contributed by atoms with van der Waals surface area (Å²) in [7, 11) is -1.81. The average molecular weight is 423 g/mol. The third kappa shape index (κ3) is 5.94. The highest BCUT2D eigenvalue weighted by Gasteiger charge is 2.16. The molecule has 5 nitrogen and oxygen atoms in total. The molecule has 0 radical (unpaired) electrons. The van der Waals surface area contributed by atoms with Crippen molar-refractivity contribution in [2.75, 3.05) is 17.6 Å². The van der Waals surface area contributed by atoms with Gasteiger partial charge in [0, 0.05) is 20.1 Å². The van der Waals surface area contributed by atoms with Gasteiger partial charge >= 0.3 is 0 Å². The van der Waals surface area contributed by atoms with Crippen molar-refractivity contribution in [1.29, 1.82) is 0 Å². The zero-order valence-electron chi connectivity index (χ0n) is 17.2. The van der Waals surface area contributed by atoms with Gasteiger partial charge in [0.25, 0.3) is 0 Å². The number of amides is 1. The lowest BCUT2D eigenvalue weighted by molar-refractivity contribution is -0.131. The minimum Gasteiger partial charge on any atom is -0.334 e. The van der Waals surface area contributed by atoms with Crippen LogP contribution < -0.4 is 4.31 Å². The fraction of sp³-hybridized carbons (Fsp3) is 0.208. The SMILES string of the molecule is CN(c1ccc(CC(=O)N(Cc2ccccc2)Cc2ccccc2)cc1)S(C)(=O)=O. The van der Waals surface area contributed by atoms with Gasteiger partial charge in [0.1, 0.15) is 0 Å². The van der Waals surface area contributed by atoms with Gasteiger partial charge in [0.2, 0.25) is 15.9 Å². The Bertz CT molecular complexity index is 1020. The molecule has 0 fully saturated rings. The lowest BCUT2D eigenvalue weighted by Crippen LogP contribution is -2.31. The van der Waals surface area contributed by atoms with Gasteiger partial charge in [-0.15, -0.1) is 0 Å². The highest BCUT2D eigenvalue weighted by molar-refractivity contribution is 7.92. The molecule has 0 aliphatic heterocycles. The van der Waals surface area contributed by atoms with Crippen molar-refractivity contribution in [1.82, 2.24) is 4.90 Å². The number of nitrogens with zero attached hydrogens (tertiary/aromatic N) is 2. The second-order valence-corrected chi connectivity index (χ2v) is 9.31. The van der Waals surface area contributed by atoms with E-state index < -0.39 is 10.0 Å². The minimum atomic E-state index is -3.32. The van der Waals surface area contributed by atoms with Crippen LogP contribution in [0.25, 0.3) is 0 Å². The fourth-order valence-corrected chi connectivity index (χ4v) is 3.65. The summed E-state index contributed by atoms with van der Waals surface area (Å²) in [5.41, 5.74) is 3.56. The Morgan fingerprint density at radius 3 is 1.63 bits per heavy atom. The molecule has 3 rings (SSSR count). The van der Waals surface area contributed by atoms with Gasteiger partial charge in [0.15, 0.2) is 0 Å². The molecule has 156 valence electrons. The molecule has 0 heterocycles. The quantitative estimate of drug-likeness (QED) is 0.554. The number of carbonyl (C=O) groups is 1. The molecule has 0 unspecified atom stereocenters. The lowest BCUT2D eigenvalue weighted by Gasteiger charge is -2.23. The van der Waals surface area contributed by atoms with Crippen molar-refractivity contribution in [3.63, 3.8) is 0 Å². The molecule has 3 aromatic carbocycles. The molecular weight excluding hydrogens is 396 g/mol. The van der Waals surface area contributed by atoms with Gasteiger partial charge in [0.05, 0.1) is 18.4 Å². The first-order valence-electron chi connectivity index (χ1n) is 9.71. The molecule has 0 saturated heterocycles. The van der Waals surface area contributed by atoms with Crippen LogP contribution in [0.1, 0.15) is 16.7 Å². The summed E-state index contributed by atoms with van der Waals surface area (Å²) >= 11 is 0. The maximum Gasteiger partial charge on any atom is 0.231 e. The Kier molecular flexibility index (Phi) is 6.90. The number of rotatable bonds is 8. The Morgan fingerprint density at radius 2 is 1.20 bits per heavy atom. The van der Waals surface area contributed by atoms with Crippen LogP contribution in [0.3, 0.4) is 0 Å². The van der Waals surface area contributed by atoms with Gasteiger partial charge < -0.3 is 4.90 Å². The molecule has 0 bridgehead atoms. The second-order valence-electron chi connectivity index (χ2n) is 7.29. The first-order chi connectivity index (χ1) is 14.3. The molecule has 3 aromatic rings. The number of hydrogen-bond acceptors (Lipinski definition) is 3. The molecule has 0 aliphatic rings. The van der Waals surface area contributed by atoms with Crippen LogP contribution >= 0.6 is 0 Å². The van der Waals surface area contributed by atoms with E-state index in [1.807, 2.05) is 65.6 Å². The lowest BCUT2D eigenvalue weighted by atomic mass is 10.1. The Hall–Kier alpha value is -3.12. The van der Waals surface area contributed by atoms with Crippen LogP contribution in [-0.4, -0.2) is 32.5 Å². The summed E-state index contributed by atoms with van der Waals surface area (Å²) in [6.45, 7) is 1.06. The maximum atomic E-state index is 13.1. The number of carbonyl (C=O) groups excluding carboxylic acids is 1. The molecular formula is C24H26N2O3S. The van der Waals surface area contributed by atoms with E-state index in [0.717, 1.165) is 22.9 Å². The number of anilines is 1. The zero-order valence-corrected chi connectivity index (χ0v) is 18.0. The van der Waals surface area contributed by atoms with Crippen LogP contribution in [0.4, 0.5) is 5.69 Å². The summed E-state index contributed by atoms with van der Waals surface area (Å²) in [5.74, 6) is 0.0203. The van der Waals surface area contributed by atoms with Crippen LogP contribution in [0.15, 0.2) is 84.9 Å². The van der Waals surface area contributed by atoms with E-state index in [-0.39, 0.29) is 12.3 Å². The van der Waals surface area contributed by atoms with E-state index in [1.165, 1.54) is 11.4 Å². The fourth-order valence-electron chi connectivity index (χ4n) is 3.14. The Labute approximate surface area is 178 Å². The second kappa shape index (κ2) is 9.59. The van der Waals surface area contributed by atoms with Crippen LogP contribution in [-0.2, 0) is 34.3 Å². The molecule has 0 aliphatic carbocycles. The molecule has 6 heteroatoms. The zero-order chi connectivity index (χ0) is 21.6. The summed E-state index contributed by atoms with van der Waals surface area (Å²) in [4.78, 5) is 15.0. The molecule has 0 saturated carbocycles. The number of hydrogen-bond donors (Lipinski definition) is 0. The molecule has 0 spiro atoms. The maximum absolute atomic E-state index is 13.1. The molecule has 0 aromatic heterocycles. The van der Waals surface area contributed by atoms with Crippen molar-refractivity contribution in [2.24, 2.45) is 0 Å². The highest BCUT2D eigenvalue weighted by Crippen LogP contribution is 2.18. The minimum absolute atomic E-state index is 0.0203. The van der Waals surface area contributed by atoms with Gasteiger partial charge in [-0.3, -0.25) is 9.10 Å². The monoisotopic (exact) mass is 422 g/mol. The van der Waals surface area contributed by atoms with E-state index in [2.05, 4.69) is 0 Å². The Balaban J connectivity index is 1.75. The van der Waals surface area contributed by atoms with E-state index >= 15 is 0 Å². The third-order valence-electron chi connectivity index (χ3n) is 4.94. The summed E-state index contributed by atoms with van der Waals surface area (Å²) < 4.78 is 24.6. The van der Waals surface area contributed by atoms with Gasteiger partial charge in [-0.1, -0.05) is 72.8 Å². The van der Waals surface area contributed by atoms with Gasteiger partial charge in [-0.25, -0.2) is 8.42 Å². The van der Waals surface area contributed by atoms with Crippen molar-refractivity contribution in [3.8, 4) is 0 Å². The Morgan fingerprint density at radius 1 is 0.733 bits per heavy atom. The van der Waals surface area contributed by atoms with E-state index in [9.17, 15) is 13.2 Å². The first-order valence-corrected chi connectivity index (χ1v) is 11.6. The van der Waals surface area contributed by atoms with Crippen molar-refractivity contribution in [3.05, 3.63) is 102 Å². The van der Waals surface area contributed by atoms with Crippen molar-refractivity contribution < 1.29 is 13.2 Å². The largest absolute Gasteiger partial charge is 0.334 e. The van der Waals surface area contributed by atoms with Crippen LogP contribution in [0, 0.1) is 0 Å². The molecule has 0 atom stereocenters. The van der Waals surface area contributed by atoms with E-state index in [4.69, 9.17) is 0 Å². The standard InChI is InChI=1S/C24H26N2O3S/c1-25(30(2,28)29)23-15-13-20(14-16-23)17-24(27)26(18-21-9-5-3-6-10-21)19-22-11-7-4-8-12-22/h3-16H,17-19H2,1-2H3.